The van der Waals surface area contributed by atoms with E-state index in [0.29, 0.717) is 41.3 Å². The van der Waals surface area contributed by atoms with Gasteiger partial charge in [-0.05, 0) is 24.7 Å². The minimum atomic E-state index is -0.193. The molecule has 0 atom stereocenters. The second-order valence-corrected chi connectivity index (χ2v) is 7.73. The third kappa shape index (κ3) is 3.94. The maximum atomic E-state index is 12.6. The molecule has 0 amide bonds. The maximum Gasteiger partial charge on any atom is 0.258 e. The van der Waals surface area contributed by atoms with E-state index in [0.717, 1.165) is 17.1 Å². The van der Waals surface area contributed by atoms with E-state index in [1.54, 1.807) is 37.7 Å². The van der Waals surface area contributed by atoms with Crippen molar-refractivity contribution in [3.63, 3.8) is 0 Å². The number of nitrogens with one attached hydrogen (secondary N) is 1. The van der Waals surface area contributed by atoms with Gasteiger partial charge in [0.2, 0.25) is 0 Å². The van der Waals surface area contributed by atoms with Crippen LogP contribution in [0.3, 0.4) is 0 Å². The number of benzene rings is 2. The van der Waals surface area contributed by atoms with Crippen molar-refractivity contribution in [1.82, 2.24) is 19.9 Å². The first kappa shape index (κ1) is 19.4. The Morgan fingerprint density at radius 2 is 1.79 bits per heavy atom. The van der Waals surface area contributed by atoms with Crippen molar-refractivity contribution >= 4 is 32.5 Å². The molecule has 1 N–H and O–H groups in total. The summed E-state index contributed by atoms with van der Waals surface area (Å²) in [6, 6.07) is 11.5. The molecular formula is C21H22N4O3S. The van der Waals surface area contributed by atoms with Crippen LogP contribution in [0.5, 0.6) is 11.5 Å². The number of hydrogen-bond acceptors (Lipinski definition) is 7. The number of aromatic nitrogens is 3. The van der Waals surface area contributed by atoms with Gasteiger partial charge in [-0.3, -0.25) is 9.69 Å². The summed E-state index contributed by atoms with van der Waals surface area (Å²) in [4.78, 5) is 27.0. The Bertz CT molecular complexity index is 1180. The Hall–Kier alpha value is -2.97. The molecule has 4 rings (SSSR count). The van der Waals surface area contributed by atoms with Gasteiger partial charge < -0.3 is 14.5 Å². The summed E-state index contributed by atoms with van der Waals surface area (Å²) in [7, 11) is 3.11. The van der Waals surface area contributed by atoms with Crippen molar-refractivity contribution in [2.75, 3.05) is 20.8 Å². The predicted molar refractivity (Wildman–Crippen MR) is 115 cm³/mol. The van der Waals surface area contributed by atoms with Crippen LogP contribution in [0, 0.1) is 0 Å². The van der Waals surface area contributed by atoms with Crippen molar-refractivity contribution in [2.24, 2.45) is 0 Å². The number of nitrogens with zero attached hydrogens (tertiary/aromatic N) is 3. The molecule has 150 valence electrons. The van der Waals surface area contributed by atoms with Gasteiger partial charge >= 0.3 is 0 Å². The van der Waals surface area contributed by atoms with Crippen molar-refractivity contribution in [1.29, 1.82) is 0 Å². The van der Waals surface area contributed by atoms with Gasteiger partial charge in [0, 0.05) is 6.07 Å². The second-order valence-electron chi connectivity index (χ2n) is 6.62. The molecule has 0 aliphatic heterocycles. The van der Waals surface area contributed by atoms with Crippen LogP contribution in [0.4, 0.5) is 0 Å². The summed E-state index contributed by atoms with van der Waals surface area (Å²) in [6.45, 7) is 4.11. The van der Waals surface area contributed by atoms with Crippen LogP contribution in [-0.2, 0) is 13.1 Å². The highest BCUT2D eigenvalue weighted by Crippen LogP contribution is 2.30. The fourth-order valence-electron chi connectivity index (χ4n) is 3.26. The molecule has 0 unspecified atom stereocenters. The topological polar surface area (TPSA) is 80.3 Å². The highest BCUT2D eigenvalue weighted by molar-refractivity contribution is 7.18. The van der Waals surface area contributed by atoms with Crippen LogP contribution in [0.25, 0.3) is 21.1 Å². The SMILES string of the molecule is CCN(Cc1nc2cc(OC)c(OC)cc2c(=O)[nH]1)Cc1nc2ccccc2s1. The van der Waals surface area contributed by atoms with E-state index in [1.807, 2.05) is 18.2 Å². The Balaban J connectivity index is 1.61. The maximum absolute atomic E-state index is 12.6. The van der Waals surface area contributed by atoms with Gasteiger partial charge in [0.05, 0.1) is 48.4 Å². The smallest absolute Gasteiger partial charge is 0.258 e. The molecule has 29 heavy (non-hydrogen) atoms. The fraction of sp³-hybridized carbons (Fsp3) is 0.286. The summed E-state index contributed by atoms with van der Waals surface area (Å²) in [5.41, 5.74) is 1.40. The lowest BCUT2D eigenvalue weighted by molar-refractivity contribution is 0.264. The van der Waals surface area contributed by atoms with Crippen LogP contribution >= 0.6 is 11.3 Å². The molecule has 0 spiro atoms. The third-order valence-electron chi connectivity index (χ3n) is 4.78. The van der Waals surface area contributed by atoms with E-state index in [1.165, 1.54) is 4.70 Å². The third-order valence-corrected chi connectivity index (χ3v) is 5.80. The molecule has 0 bridgehead atoms. The number of hydrogen-bond donors (Lipinski definition) is 1. The van der Waals surface area contributed by atoms with E-state index >= 15 is 0 Å². The molecule has 0 aliphatic rings. The number of H-pyrrole nitrogens is 1. The van der Waals surface area contributed by atoms with Crippen molar-refractivity contribution < 1.29 is 9.47 Å². The number of methoxy groups -OCH3 is 2. The molecule has 2 aromatic heterocycles. The second kappa shape index (κ2) is 8.18. The van der Waals surface area contributed by atoms with E-state index in [4.69, 9.17) is 14.5 Å². The highest BCUT2D eigenvalue weighted by Gasteiger charge is 2.14. The van der Waals surface area contributed by atoms with Gasteiger partial charge in [-0.15, -0.1) is 11.3 Å². The molecule has 4 aromatic rings. The first-order valence-corrected chi connectivity index (χ1v) is 10.1. The Morgan fingerprint density at radius 1 is 1.03 bits per heavy atom. The van der Waals surface area contributed by atoms with E-state index < -0.39 is 0 Å². The lowest BCUT2D eigenvalue weighted by Gasteiger charge is -2.18. The normalized spacial score (nSPS) is 11.4. The molecule has 0 aliphatic carbocycles. The average molecular weight is 410 g/mol. The van der Waals surface area contributed by atoms with Crippen LogP contribution in [0.2, 0.25) is 0 Å². The Morgan fingerprint density at radius 3 is 2.52 bits per heavy atom. The summed E-state index contributed by atoms with van der Waals surface area (Å²) in [5.74, 6) is 1.66. The molecule has 2 heterocycles. The van der Waals surface area contributed by atoms with E-state index in [2.05, 4.69) is 27.9 Å². The predicted octanol–water partition coefficient (Wildman–Crippen LogP) is 3.57. The van der Waals surface area contributed by atoms with Gasteiger partial charge in [0.1, 0.15) is 10.8 Å². The number of thiazole rings is 1. The Kier molecular flexibility index (Phi) is 5.46. The minimum Gasteiger partial charge on any atom is -0.493 e. The number of aromatic amines is 1. The largest absolute Gasteiger partial charge is 0.493 e. The summed E-state index contributed by atoms with van der Waals surface area (Å²) < 4.78 is 11.8. The molecule has 7 nitrogen and oxygen atoms in total. The Labute approximate surface area is 171 Å². The van der Waals surface area contributed by atoms with Crippen LogP contribution < -0.4 is 15.0 Å². The van der Waals surface area contributed by atoms with E-state index in [-0.39, 0.29) is 5.56 Å². The van der Waals surface area contributed by atoms with Crippen LogP contribution in [0.15, 0.2) is 41.2 Å². The van der Waals surface area contributed by atoms with Gasteiger partial charge in [-0.25, -0.2) is 9.97 Å². The highest BCUT2D eigenvalue weighted by atomic mass is 32.1. The van der Waals surface area contributed by atoms with Gasteiger partial charge in [0.15, 0.2) is 11.5 Å². The molecule has 0 radical (unpaired) electrons. The number of rotatable bonds is 7. The van der Waals surface area contributed by atoms with Crippen molar-refractivity contribution in [3.8, 4) is 11.5 Å². The number of para-hydroxylation sites is 1. The molecule has 8 heteroatoms. The molecule has 0 saturated carbocycles. The summed E-state index contributed by atoms with van der Waals surface area (Å²) in [5, 5.41) is 1.52. The number of ether oxygens (including phenoxy) is 2. The van der Waals surface area contributed by atoms with Crippen molar-refractivity contribution in [3.05, 3.63) is 57.6 Å². The quantitative estimate of drug-likeness (QED) is 0.502. The number of fused-ring (bicyclic) bond motifs is 2. The molecule has 2 aromatic carbocycles. The lowest BCUT2D eigenvalue weighted by atomic mass is 10.2. The molecule has 0 saturated heterocycles. The van der Waals surface area contributed by atoms with Gasteiger partial charge in [0.25, 0.3) is 5.56 Å². The minimum absolute atomic E-state index is 0.193. The lowest BCUT2D eigenvalue weighted by Crippen LogP contribution is -2.25. The zero-order valence-corrected chi connectivity index (χ0v) is 17.4. The van der Waals surface area contributed by atoms with E-state index in [9.17, 15) is 4.79 Å². The van der Waals surface area contributed by atoms with Gasteiger partial charge in [-0.2, -0.15) is 0 Å². The zero-order chi connectivity index (χ0) is 20.4. The standard InChI is InChI=1S/C21H22N4O3S/c1-4-25(12-20-23-14-7-5-6-8-18(14)29-20)11-19-22-15-10-17(28-3)16(27-2)9-13(15)21(26)24-19/h5-10H,4,11-12H2,1-3H3,(H,22,24,26). The zero-order valence-electron chi connectivity index (χ0n) is 16.6. The van der Waals surface area contributed by atoms with Crippen LogP contribution in [0.1, 0.15) is 17.8 Å². The monoisotopic (exact) mass is 410 g/mol. The molecule has 0 fully saturated rings. The first-order valence-electron chi connectivity index (χ1n) is 9.33. The van der Waals surface area contributed by atoms with Crippen LogP contribution in [-0.4, -0.2) is 40.6 Å². The fourth-order valence-corrected chi connectivity index (χ4v) is 4.27. The van der Waals surface area contributed by atoms with Gasteiger partial charge in [-0.1, -0.05) is 19.1 Å². The summed E-state index contributed by atoms with van der Waals surface area (Å²) in [6.07, 6.45) is 0. The average Bonchev–Trinajstić information content (AvgIpc) is 3.14. The molecular weight excluding hydrogens is 388 g/mol. The van der Waals surface area contributed by atoms with Crippen molar-refractivity contribution in [2.45, 2.75) is 20.0 Å². The first-order chi connectivity index (χ1) is 14.1. The summed E-state index contributed by atoms with van der Waals surface area (Å²) >= 11 is 1.69.